The van der Waals surface area contributed by atoms with Gasteiger partial charge in [-0.3, -0.25) is 4.79 Å². The Morgan fingerprint density at radius 3 is 2.60 bits per heavy atom. The largest absolute Gasteiger partial charge is 0.495 e. The van der Waals surface area contributed by atoms with E-state index >= 15 is 0 Å². The van der Waals surface area contributed by atoms with E-state index in [1.165, 1.54) is 6.33 Å². The van der Waals surface area contributed by atoms with Gasteiger partial charge in [0.05, 0.1) is 18.4 Å². The minimum absolute atomic E-state index is 0.229. The average molecular weight is 404 g/mol. The van der Waals surface area contributed by atoms with Gasteiger partial charge >= 0.3 is 0 Å². The molecular formula is C22H24N6O2. The SMILES string of the molecule is COc1ccccc1NC(=O)C1=C(C)Nc2ncnn2C1c1ccc(N(C)C)cc1. The minimum Gasteiger partial charge on any atom is -0.495 e. The smallest absolute Gasteiger partial charge is 0.255 e. The van der Waals surface area contributed by atoms with Crippen molar-refractivity contribution in [2.24, 2.45) is 0 Å². The van der Waals surface area contributed by atoms with Crippen molar-refractivity contribution in [3.63, 3.8) is 0 Å². The van der Waals surface area contributed by atoms with Crippen molar-refractivity contribution in [3.05, 3.63) is 71.7 Å². The van der Waals surface area contributed by atoms with Crippen LogP contribution in [0.15, 0.2) is 66.1 Å². The van der Waals surface area contributed by atoms with E-state index in [2.05, 4.69) is 20.7 Å². The Morgan fingerprint density at radius 1 is 1.17 bits per heavy atom. The number of benzene rings is 2. The molecule has 1 atom stereocenters. The zero-order valence-corrected chi connectivity index (χ0v) is 17.4. The maximum Gasteiger partial charge on any atom is 0.255 e. The lowest BCUT2D eigenvalue weighted by atomic mass is 9.94. The van der Waals surface area contributed by atoms with Gasteiger partial charge in [0.25, 0.3) is 5.91 Å². The third-order valence-corrected chi connectivity index (χ3v) is 5.12. The number of amides is 1. The number of nitrogens with zero attached hydrogens (tertiary/aromatic N) is 4. The first-order valence-corrected chi connectivity index (χ1v) is 9.58. The fraction of sp³-hybridized carbons (Fsp3) is 0.227. The normalized spacial score (nSPS) is 15.3. The molecular weight excluding hydrogens is 380 g/mol. The molecule has 1 aliphatic heterocycles. The molecule has 2 heterocycles. The summed E-state index contributed by atoms with van der Waals surface area (Å²) < 4.78 is 7.10. The molecule has 3 aromatic rings. The lowest BCUT2D eigenvalue weighted by Gasteiger charge is -2.29. The van der Waals surface area contributed by atoms with Crippen molar-refractivity contribution in [1.29, 1.82) is 0 Å². The Labute approximate surface area is 175 Å². The third-order valence-electron chi connectivity index (χ3n) is 5.12. The molecule has 2 aromatic carbocycles. The molecule has 0 saturated heterocycles. The summed E-state index contributed by atoms with van der Waals surface area (Å²) in [6.45, 7) is 1.87. The summed E-state index contributed by atoms with van der Waals surface area (Å²) in [4.78, 5) is 19.7. The number of carbonyl (C=O) groups excluding carboxylic acids is 1. The van der Waals surface area contributed by atoms with Gasteiger partial charge in [0, 0.05) is 25.5 Å². The molecule has 4 rings (SSSR count). The summed E-state index contributed by atoms with van der Waals surface area (Å²) >= 11 is 0. The number of para-hydroxylation sites is 2. The Balaban J connectivity index is 1.75. The lowest BCUT2D eigenvalue weighted by Crippen LogP contribution is -2.31. The molecule has 8 heteroatoms. The number of allylic oxidation sites excluding steroid dienone is 1. The van der Waals surface area contributed by atoms with E-state index in [0.717, 1.165) is 16.9 Å². The van der Waals surface area contributed by atoms with E-state index in [1.54, 1.807) is 11.8 Å². The molecule has 0 fully saturated rings. The van der Waals surface area contributed by atoms with Crippen LogP contribution in [-0.4, -0.2) is 41.9 Å². The highest BCUT2D eigenvalue weighted by Gasteiger charge is 2.33. The van der Waals surface area contributed by atoms with E-state index < -0.39 is 6.04 Å². The number of methoxy groups -OCH3 is 1. The number of hydrogen-bond acceptors (Lipinski definition) is 6. The topological polar surface area (TPSA) is 84.3 Å². The molecule has 2 N–H and O–H groups in total. The molecule has 1 amide bonds. The monoisotopic (exact) mass is 404 g/mol. The molecule has 8 nitrogen and oxygen atoms in total. The van der Waals surface area contributed by atoms with Gasteiger partial charge in [0.1, 0.15) is 18.1 Å². The molecule has 30 heavy (non-hydrogen) atoms. The number of carbonyl (C=O) groups is 1. The van der Waals surface area contributed by atoms with Crippen LogP contribution >= 0.6 is 0 Å². The van der Waals surface area contributed by atoms with Gasteiger partial charge in [-0.1, -0.05) is 24.3 Å². The summed E-state index contributed by atoms with van der Waals surface area (Å²) in [5.74, 6) is 0.969. The van der Waals surface area contributed by atoms with E-state index in [0.29, 0.717) is 23.0 Å². The number of rotatable bonds is 5. The van der Waals surface area contributed by atoms with Crippen LogP contribution in [0.3, 0.4) is 0 Å². The standard InChI is InChI=1S/C22H24N6O2/c1-14-19(21(29)26-17-7-5-6-8-18(17)30-4)20(28-22(25-14)23-13-24-28)15-9-11-16(12-10-15)27(2)3/h5-13,20H,1-4H3,(H,26,29)(H,23,24,25). The van der Waals surface area contributed by atoms with Gasteiger partial charge in [0.2, 0.25) is 5.95 Å². The van der Waals surface area contributed by atoms with Gasteiger partial charge in [-0.15, -0.1) is 0 Å². The average Bonchev–Trinajstić information content (AvgIpc) is 3.21. The lowest BCUT2D eigenvalue weighted by molar-refractivity contribution is -0.113. The summed E-state index contributed by atoms with van der Waals surface area (Å²) in [6.07, 6.45) is 1.48. The fourth-order valence-electron chi connectivity index (χ4n) is 3.59. The summed E-state index contributed by atoms with van der Waals surface area (Å²) in [7, 11) is 5.56. The van der Waals surface area contributed by atoms with Crippen LogP contribution in [0.5, 0.6) is 5.75 Å². The number of hydrogen-bond donors (Lipinski definition) is 2. The minimum atomic E-state index is -0.408. The Morgan fingerprint density at radius 2 is 1.90 bits per heavy atom. The van der Waals surface area contributed by atoms with E-state index in [-0.39, 0.29) is 5.91 Å². The second kappa shape index (κ2) is 7.90. The second-order valence-electron chi connectivity index (χ2n) is 7.23. The molecule has 0 saturated carbocycles. The van der Waals surface area contributed by atoms with Crippen LogP contribution in [0.1, 0.15) is 18.5 Å². The van der Waals surface area contributed by atoms with Crippen molar-refractivity contribution in [3.8, 4) is 5.75 Å². The highest BCUT2D eigenvalue weighted by Crippen LogP contribution is 2.36. The summed E-state index contributed by atoms with van der Waals surface area (Å²) in [5.41, 5.74) is 3.92. The predicted molar refractivity (Wildman–Crippen MR) is 117 cm³/mol. The van der Waals surface area contributed by atoms with E-state index in [1.807, 2.05) is 74.4 Å². The Kier molecular flexibility index (Phi) is 5.14. The Bertz CT molecular complexity index is 1100. The predicted octanol–water partition coefficient (Wildman–Crippen LogP) is 3.28. The first-order valence-electron chi connectivity index (χ1n) is 9.58. The molecule has 0 radical (unpaired) electrons. The number of ether oxygens (including phenoxy) is 1. The molecule has 1 unspecified atom stereocenters. The van der Waals surface area contributed by atoms with E-state index in [4.69, 9.17) is 4.74 Å². The number of fused-ring (bicyclic) bond motifs is 1. The van der Waals surface area contributed by atoms with Crippen molar-refractivity contribution >= 4 is 23.2 Å². The first kappa shape index (κ1) is 19.5. The van der Waals surface area contributed by atoms with Crippen molar-refractivity contribution in [2.75, 3.05) is 36.7 Å². The quantitative estimate of drug-likeness (QED) is 0.679. The molecule has 0 spiro atoms. The number of aromatic nitrogens is 3. The highest BCUT2D eigenvalue weighted by atomic mass is 16.5. The van der Waals surface area contributed by atoms with Crippen molar-refractivity contribution < 1.29 is 9.53 Å². The maximum absolute atomic E-state index is 13.4. The second-order valence-corrected chi connectivity index (χ2v) is 7.23. The summed E-state index contributed by atoms with van der Waals surface area (Å²) in [6, 6.07) is 15.0. The van der Waals surface area contributed by atoms with Gasteiger partial charge in [0.15, 0.2) is 0 Å². The van der Waals surface area contributed by atoms with Crippen LogP contribution in [0, 0.1) is 0 Å². The van der Waals surface area contributed by atoms with Crippen molar-refractivity contribution in [1.82, 2.24) is 14.8 Å². The zero-order chi connectivity index (χ0) is 21.3. The van der Waals surface area contributed by atoms with Gasteiger partial charge < -0.3 is 20.3 Å². The van der Waals surface area contributed by atoms with Gasteiger partial charge in [-0.25, -0.2) is 4.68 Å². The van der Waals surface area contributed by atoms with Crippen LogP contribution < -0.4 is 20.3 Å². The van der Waals surface area contributed by atoms with Crippen LogP contribution in [0.25, 0.3) is 0 Å². The van der Waals surface area contributed by atoms with Crippen LogP contribution in [0.2, 0.25) is 0 Å². The molecule has 1 aromatic heterocycles. The Hall–Kier alpha value is -3.81. The van der Waals surface area contributed by atoms with Gasteiger partial charge in [-0.2, -0.15) is 10.1 Å². The molecule has 0 aliphatic carbocycles. The highest BCUT2D eigenvalue weighted by molar-refractivity contribution is 6.06. The number of anilines is 3. The van der Waals surface area contributed by atoms with Crippen LogP contribution in [-0.2, 0) is 4.79 Å². The molecule has 154 valence electrons. The van der Waals surface area contributed by atoms with Crippen LogP contribution in [0.4, 0.5) is 17.3 Å². The third kappa shape index (κ3) is 3.47. The van der Waals surface area contributed by atoms with Gasteiger partial charge in [-0.05, 0) is 36.8 Å². The molecule has 0 bridgehead atoms. The zero-order valence-electron chi connectivity index (χ0n) is 17.4. The number of nitrogens with one attached hydrogen (secondary N) is 2. The van der Waals surface area contributed by atoms with Crippen molar-refractivity contribution in [2.45, 2.75) is 13.0 Å². The fourth-order valence-corrected chi connectivity index (χ4v) is 3.59. The maximum atomic E-state index is 13.4. The van der Waals surface area contributed by atoms with E-state index in [9.17, 15) is 4.79 Å². The summed E-state index contributed by atoms with van der Waals surface area (Å²) in [5, 5.41) is 10.5. The first-order chi connectivity index (χ1) is 14.5. The molecule has 1 aliphatic rings.